The molecule has 0 spiro atoms. The Morgan fingerprint density at radius 2 is 1.73 bits per heavy atom. The van der Waals surface area contributed by atoms with Crippen molar-refractivity contribution in [2.45, 2.75) is 45.6 Å². The predicted molar refractivity (Wildman–Crippen MR) is 54.4 cm³/mol. The van der Waals surface area contributed by atoms with Crippen LogP contribution in [0, 0.1) is 0 Å². The summed E-state index contributed by atoms with van der Waals surface area (Å²) in [5.41, 5.74) is 0.578. The first-order valence-electron chi connectivity index (χ1n) is 5.18. The fourth-order valence-corrected chi connectivity index (χ4v) is 1.65. The topological polar surface area (TPSA) is 63.6 Å². The average molecular weight is 212 g/mol. The third-order valence-electron chi connectivity index (χ3n) is 2.32. The van der Waals surface area contributed by atoms with Crippen LogP contribution in [0.1, 0.15) is 39.5 Å². The second-order valence-corrected chi connectivity index (χ2v) is 3.92. The first kappa shape index (κ1) is 11.8. The molecule has 1 aliphatic rings. The van der Waals surface area contributed by atoms with Gasteiger partial charge in [0.05, 0.1) is 6.10 Å². The lowest BCUT2D eigenvalue weighted by Gasteiger charge is -2.17. The van der Waals surface area contributed by atoms with Crippen molar-refractivity contribution in [2.24, 2.45) is 0 Å². The summed E-state index contributed by atoms with van der Waals surface area (Å²) in [6.07, 6.45) is 2.48. The van der Waals surface area contributed by atoms with E-state index < -0.39 is 11.9 Å². The van der Waals surface area contributed by atoms with Crippen LogP contribution < -0.4 is 0 Å². The van der Waals surface area contributed by atoms with Crippen molar-refractivity contribution in [3.8, 4) is 0 Å². The third kappa shape index (κ3) is 3.08. The van der Waals surface area contributed by atoms with E-state index in [-0.39, 0.29) is 11.7 Å². The number of hydrogen-bond donors (Lipinski definition) is 1. The summed E-state index contributed by atoms with van der Waals surface area (Å²) >= 11 is 0. The highest BCUT2D eigenvalue weighted by Crippen LogP contribution is 2.26. The van der Waals surface area contributed by atoms with E-state index >= 15 is 0 Å². The van der Waals surface area contributed by atoms with Gasteiger partial charge in [-0.25, -0.2) is 9.59 Å². The molecule has 4 nitrogen and oxygen atoms in total. The molecule has 0 amide bonds. The lowest BCUT2D eigenvalue weighted by atomic mass is 9.92. The van der Waals surface area contributed by atoms with Gasteiger partial charge >= 0.3 is 11.9 Å². The van der Waals surface area contributed by atoms with E-state index in [0.29, 0.717) is 18.4 Å². The van der Waals surface area contributed by atoms with Gasteiger partial charge < -0.3 is 9.84 Å². The van der Waals surface area contributed by atoms with Gasteiger partial charge in [-0.05, 0) is 39.5 Å². The van der Waals surface area contributed by atoms with Crippen LogP contribution in [0.3, 0.4) is 0 Å². The first-order valence-corrected chi connectivity index (χ1v) is 5.18. The highest BCUT2D eigenvalue weighted by Gasteiger charge is 2.24. The van der Waals surface area contributed by atoms with Crippen molar-refractivity contribution >= 4 is 11.9 Å². The van der Waals surface area contributed by atoms with Crippen LogP contribution in [0.25, 0.3) is 0 Å². The molecule has 0 aromatic rings. The van der Waals surface area contributed by atoms with Gasteiger partial charge in [-0.1, -0.05) is 0 Å². The standard InChI is InChI=1S/C11H16O4/c1-7(2)15-11(14)9-6-4-3-5-8(9)10(12)13/h7H,3-6H2,1-2H3,(H,12,13). The Morgan fingerprint density at radius 3 is 2.20 bits per heavy atom. The molecule has 0 bridgehead atoms. The van der Waals surface area contributed by atoms with Crippen LogP contribution in [0.5, 0.6) is 0 Å². The molecule has 0 saturated carbocycles. The smallest absolute Gasteiger partial charge is 0.334 e. The first-order chi connectivity index (χ1) is 7.02. The predicted octanol–water partition coefficient (Wildman–Crippen LogP) is 1.89. The maximum Gasteiger partial charge on any atom is 0.334 e. The second kappa shape index (κ2) is 4.96. The van der Waals surface area contributed by atoms with Crippen LogP contribution in [-0.4, -0.2) is 23.1 Å². The zero-order valence-electron chi connectivity index (χ0n) is 9.08. The number of ether oxygens (including phenoxy) is 1. The summed E-state index contributed by atoms with van der Waals surface area (Å²) in [5.74, 6) is -1.47. The van der Waals surface area contributed by atoms with E-state index in [1.54, 1.807) is 13.8 Å². The summed E-state index contributed by atoms with van der Waals surface area (Å²) in [7, 11) is 0. The molecule has 84 valence electrons. The van der Waals surface area contributed by atoms with E-state index in [0.717, 1.165) is 12.8 Å². The molecule has 1 rings (SSSR count). The zero-order valence-corrected chi connectivity index (χ0v) is 9.08. The van der Waals surface area contributed by atoms with Crippen LogP contribution in [0.4, 0.5) is 0 Å². The molecule has 0 atom stereocenters. The number of hydrogen-bond acceptors (Lipinski definition) is 3. The molecule has 0 fully saturated rings. The van der Waals surface area contributed by atoms with Crippen molar-refractivity contribution in [2.75, 3.05) is 0 Å². The fourth-order valence-electron chi connectivity index (χ4n) is 1.65. The summed E-state index contributed by atoms with van der Waals surface area (Å²) < 4.78 is 5.01. The highest BCUT2D eigenvalue weighted by atomic mass is 16.5. The minimum absolute atomic E-state index is 0.207. The van der Waals surface area contributed by atoms with Gasteiger partial charge in [-0.3, -0.25) is 0 Å². The Kier molecular flexibility index (Phi) is 3.88. The quantitative estimate of drug-likeness (QED) is 0.725. The molecule has 1 N–H and O–H groups in total. The third-order valence-corrected chi connectivity index (χ3v) is 2.32. The summed E-state index contributed by atoms with van der Waals surface area (Å²) in [4.78, 5) is 22.5. The molecule has 0 aromatic carbocycles. The number of rotatable bonds is 3. The molecule has 0 unspecified atom stereocenters. The van der Waals surface area contributed by atoms with Crippen molar-refractivity contribution in [3.63, 3.8) is 0 Å². The van der Waals surface area contributed by atoms with Crippen LogP contribution >= 0.6 is 0 Å². The van der Waals surface area contributed by atoms with Crippen molar-refractivity contribution in [3.05, 3.63) is 11.1 Å². The minimum Gasteiger partial charge on any atom is -0.478 e. The normalized spacial score (nSPS) is 16.7. The molecule has 0 saturated heterocycles. The van der Waals surface area contributed by atoms with Gasteiger partial charge in [0.25, 0.3) is 0 Å². The number of carbonyl (C=O) groups is 2. The van der Waals surface area contributed by atoms with Gasteiger partial charge in [-0.15, -0.1) is 0 Å². The Balaban J connectivity index is 2.87. The summed E-state index contributed by atoms with van der Waals surface area (Å²) in [5, 5.41) is 8.93. The maximum absolute atomic E-state index is 11.6. The monoisotopic (exact) mass is 212 g/mol. The fraction of sp³-hybridized carbons (Fsp3) is 0.636. The Hall–Kier alpha value is -1.32. The number of carbonyl (C=O) groups excluding carboxylic acids is 1. The van der Waals surface area contributed by atoms with E-state index in [9.17, 15) is 9.59 Å². The van der Waals surface area contributed by atoms with Gasteiger partial charge in [0.2, 0.25) is 0 Å². The Labute approximate surface area is 88.9 Å². The summed E-state index contributed by atoms with van der Waals surface area (Å²) in [6, 6.07) is 0. The maximum atomic E-state index is 11.6. The minimum atomic E-state index is -0.995. The van der Waals surface area contributed by atoms with Gasteiger partial charge in [0.1, 0.15) is 0 Å². The average Bonchev–Trinajstić information content (AvgIpc) is 2.16. The van der Waals surface area contributed by atoms with E-state index in [1.807, 2.05) is 0 Å². The van der Waals surface area contributed by atoms with E-state index in [2.05, 4.69) is 0 Å². The number of aliphatic carboxylic acids is 1. The lowest BCUT2D eigenvalue weighted by Crippen LogP contribution is -2.20. The van der Waals surface area contributed by atoms with Crippen LogP contribution in [0.2, 0.25) is 0 Å². The molecule has 15 heavy (non-hydrogen) atoms. The zero-order chi connectivity index (χ0) is 11.4. The molecule has 0 heterocycles. The highest BCUT2D eigenvalue weighted by molar-refractivity contribution is 5.99. The van der Waals surface area contributed by atoms with Crippen molar-refractivity contribution < 1.29 is 19.4 Å². The SMILES string of the molecule is CC(C)OC(=O)C1=C(C(=O)O)CCCC1. The summed E-state index contributed by atoms with van der Waals surface area (Å²) in [6.45, 7) is 3.50. The molecule has 0 aromatic heterocycles. The molecule has 0 aliphatic heterocycles. The molecule has 4 heteroatoms. The van der Waals surface area contributed by atoms with Gasteiger partial charge in [0.15, 0.2) is 0 Å². The van der Waals surface area contributed by atoms with Crippen LogP contribution in [-0.2, 0) is 14.3 Å². The Bertz CT molecular complexity index is 302. The van der Waals surface area contributed by atoms with Crippen LogP contribution in [0.15, 0.2) is 11.1 Å². The van der Waals surface area contributed by atoms with Gasteiger partial charge in [-0.2, -0.15) is 0 Å². The van der Waals surface area contributed by atoms with E-state index in [4.69, 9.17) is 9.84 Å². The molecule has 1 aliphatic carbocycles. The largest absolute Gasteiger partial charge is 0.478 e. The van der Waals surface area contributed by atoms with Gasteiger partial charge in [0, 0.05) is 11.1 Å². The number of carboxylic acid groups (broad SMARTS) is 1. The Morgan fingerprint density at radius 1 is 1.20 bits per heavy atom. The molecular formula is C11H16O4. The van der Waals surface area contributed by atoms with Crippen molar-refractivity contribution in [1.29, 1.82) is 0 Å². The number of carboxylic acids is 1. The van der Waals surface area contributed by atoms with Crippen molar-refractivity contribution in [1.82, 2.24) is 0 Å². The molecular weight excluding hydrogens is 196 g/mol. The second-order valence-electron chi connectivity index (χ2n) is 3.92. The number of esters is 1. The molecule has 0 radical (unpaired) electrons. The lowest BCUT2D eigenvalue weighted by molar-refractivity contribution is -0.144. The van der Waals surface area contributed by atoms with E-state index in [1.165, 1.54) is 0 Å².